The predicted molar refractivity (Wildman–Crippen MR) is 88.2 cm³/mol. The van der Waals surface area contributed by atoms with E-state index in [1.165, 1.54) is 41.4 Å². The van der Waals surface area contributed by atoms with Crippen LogP contribution in [-0.4, -0.2) is 29.7 Å². The summed E-state index contributed by atoms with van der Waals surface area (Å²) in [6, 6.07) is 0. The average Bonchev–Trinajstić information content (AvgIpc) is 3.13. The number of halogens is 1. The Kier molecular flexibility index (Phi) is 4.75. The second-order valence-corrected chi connectivity index (χ2v) is 6.84. The maximum atomic E-state index is 5.72. The fourth-order valence-corrected chi connectivity index (χ4v) is 4.20. The highest BCUT2D eigenvalue weighted by molar-refractivity contribution is 14.1. The first-order valence-corrected chi connectivity index (χ1v) is 8.71. The second-order valence-electron chi connectivity index (χ2n) is 5.76. The number of ether oxygens (including phenoxy) is 1. The van der Waals surface area contributed by atoms with Gasteiger partial charge in [0.2, 0.25) is 0 Å². The zero-order valence-electron chi connectivity index (χ0n) is 12.0. The average molecular weight is 387 g/mol. The standard InChI is InChI=1S/C15H22IN3O/c1-17-15-13(16)14(10-5-2-3-6-10)18-12(19-15)9-11-7-4-8-20-11/h10-11H,2-9H2,1H3,(H,17,18,19). The van der Waals surface area contributed by atoms with E-state index >= 15 is 0 Å². The summed E-state index contributed by atoms with van der Waals surface area (Å²) in [7, 11) is 1.94. The predicted octanol–water partition coefficient (Wildman–Crippen LogP) is 3.50. The molecule has 20 heavy (non-hydrogen) atoms. The lowest BCUT2D eigenvalue weighted by atomic mass is 10.0. The first-order valence-electron chi connectivity index (χ1n) is 7.63. The van der Waals surface area contributed by atoms with E-state index in [2.05, 4.69) is 32.9 Å². The minimum Gasteiger partial charge on any atom is -0.378 e. The zero-order chi connectivity index (χ0) is 13.9. The van der Waals surface area contributed by atoms with Crippen LogP contribution >= 0.6 is 22.6 Å². The molecule has 0 spiro atoms. The van der Waals surface area contributed by atoms with Gasteiger partial charge in [0.1, 0.15) is 11.6 Å². The van der Waals surface area contributed by atoms with E-state index in [0.717, 1.165) is 31.1 Å². The maximum absolute atomic E-state index is 5.72. The Morgan fingerprint density at radius 3 is 2.65 bits per heavy atom. The van der Waals surface area contributed by atoms with Gasteiger partial charge in [0.05, 0.1) is 15.4 Å². The summed E-state index contributed by atoms with van der Waals surface area (Å²) >= 11 is 2.39. The number of hydrogen-bond acceptors (Lipinski definition) is 4. The number of hydrogen-bond donors (Lipinski definition) is 1. The van der Waals surface area contributed by atoms with Gasteiger partial charge < -0.3 is 10.1 Å². The van der Waals surface area contributed by atoms with Gasteiger partial charge in [0, 0.05) is 26.0 Å². The van der Waals surface area contributed by atoms with Gasteiger partial charge >= 0.3 is 0 Å². The van der Waals surface area contributed by atoms with Crippen molar-refractivity contribution in [1.82, 2.24) is 9.97 Å². The van der Waals surface area contributed by atoms with Crippen LogP contribution in [0.5, 0.6) is 0 Å². The van der Waals surface area contributed by atoms with Gasteiger partial charge in [-0.25, -0.2) is 9.97 Å². The minimum atomic E-state index is 0.316. The van der Waals surface area contributed by atoms with E-state index in [4.69, 9.17) is 9.72 Å². The molecular weight excluding hydrogens is 365 g/mol. The van der Waals surface area contributed by atoms with Gasteiger partial charge in [-0.05, 0) is 48.3 Å². The van der Waals surface area contributed by atoms with Crippen molar-refractivity contribution in [2.45, 2.75) is 57.0 Å². The molecule has 0 amide bonds. The lowest BCUT2D eigenvalue weighted by molar-refractivity contribution is 0.110. The third kappa shape index (κ3) is 3.08. The van der Waals surface area contributed by atoms with Crippen LogP contribution in [0.15, 0.2) is 0 Å². The minimum absolute atomic E-state index is 0.316. The highest BCUT2D eigenvalue weighted by atomic mass is 127. The Morgan fingerprint density at radius 1 is 1.20 bits per heavy atom. The van der Waals surface area contributed by atoms with E-state index in [-0.39, 0.29) is 0 Å². The Morgan fingerprint density at radius 2 is 2.00 bits per heavy atom. The first-order chi connectivity index (χ1) is 9.78. The summed E-state index contributed by atoms with van der Waals surface area (Å²) < 4.78 is 6.93. The molecule has 110 valence electrons. The molecule has 2 heterocycles. The number of aromatic nitrogens is 2. The van der Waals surface area contributed by atoms with Crippen LogP contribution in [-0.2, 0) is 11.2 Å². The molecule has 1 aliphatic heterocycles. The van der Waals surface area contributed by atoms with Gasteiger partial charge in [-0.1, -0.05) is 12.8 Å². The van der Waals surface area contributed by atoms with Crippen molar-refractivity contribution in [1.29, 1.82) is 0 Å². The molecule has 1 saturated carbocycles. The van der Waals surface area contributed by atoms with Crippen LogP contribution in [0, 0.1) is 3.57 Å². The summed E-state index contributed by atoms with van der Waals surface area (Å²) in [5.41, 5.74) is 1.26. The van der Waals surface area contributed by atoms with E-state index < -0.39 is 0 Å². The van der Waals surface area contributed by atoms with Gasteiger partial charge in [-0.3, -0.25) is 0 Å². The summed E-state index contributed by atoms with van der Waals surface area (Å²) in [6.07, 6.45) is 8.70. The Bertz CT molecular complexity index is 468. The van der Waals surface area contributed by atoms with Gasteiger partial charge in [-0.2, -0.15) is 0 Å². The molecule has 0 radical (unpaired) electrons. The van der Waals surface area contributed by atoms with Crippen molar-refractivity contribution < 1.29 is 4.74 Å². The molecule has 4 nitrogen and oxygen atoms in total. The topological polar surface area (TPSA) is 47.0 Å². The lowest BCUT2D eigenvalue weighted by Crippen LogP contribution is -2.15. The molecule has 0 bridgehead atoms. The van der Waals surface area contributed by atoms with Crippen LogP contribution < -0.4 is 5.32 Å². The molecule has 1 aromatic rings. The molecule has 0 aromatic carbocycles. The Balaban J connectivity index is 1.87. The number of anilines is 1. The largest absolute Gasteiger partial charge is 0.378 e. The van der Waals surface area contributed by atoms with Crippen molar-refractivity contribution >= 4 is 28.4 Å². The number of nitrogens with zero attached hydrogens (tertiary/aromatic N) is 2. The monoisotopic (exact) mass is 387 g/mol. The van der Waals surface area contributed by atoms with Crippen LogP contribution in [0.25, 0.3) is 0 Å². The maximum Gasteiger partial charge on any atom is 0.143 e. The fourth-order valence-electron chi connectivity index (χ4n) is 3.25. The van der Waals surface area contributed by atoms with E-state index in [9.17, 15) is 0 Å². The van der Waals surface area contributed by atoms with Crippen LogP contribution in [0.1, 0.15) is 56.0 Å². The molecule has 1 unspecified atom stereocenters. The Labute approximate surface area is 134 Å². The van der Waals surface area contributed by atoms with Crippen molar-refractivity contribution in [3.05, 3.63) is 15.1 Å². The smallest absolute Gasteiger partial charge is 0.143 e. The van der Waals surface area contributed by atoms with Crippen LogP contribution in [0.2, 0.25) is 0 Å². The quantitative estimate of drug-likeness (QED) is 0.804. The third-order valence-corrected chi connectivity index (χ3v) is 5.40. The SMILES string of the molecule is CNc1nc(CC2CCCO2)nc(C2CCCC2)c1I. The normalized spacial score (nSPS) is 23.4. The molecule has 1 saturated heterocycles. The summed E-state index contributed by atoms with van der Waals surface area (Å²) in [4.78, 5) is 9.56. The fraction of sp³-hybridized carbons (Fsp3) is 0.733. The number of rotatable bonds is 4. The molecule has 3 rings (SSSR count). The molecule has 1 aliphatic carbocycles. The van der Waals surface area contributed by atoms with E-state index in [0.29, 0.717) is 12.0 Å². The van der Waals surface area contributed by atoms with Crippen LogP contribution in [0.3, 0.4) is 0 Å². The van der Waals surface area contributed by atoms with Crippen molar-refractivity contribution in [3.8, 4) is 0 Å². The van der Waals surface area contributed by atoms with E-state index in [1.54, 1.807) is 0 Å². The summed E-state index contributed by atoms with van der Waals surface area (Å²) in [6.45, 7) is 0.892. The molecule has 5 heteroatoms. The zero-order valence-corrected chi connectivity index (χ0v) is 14.1. The molecule has 1 N–H and O–H groups in total. The summed E-state index contributed by atoms with van der Waals surface area (Å²) in [5.74, 6) is 2.55. The molecule has 1 aromatic heterocycles. The highest BCUT2D eigenvalue weighted by Gasteiger charge is 2.25. The highest BCUT2D eigenvalue weighted by Crippen LogP contribution is 2.37. The van der Waals surface area contributed by atoms with Crippen molar-refractivity contribution in [3.63, 3.8) is 0 Å². The second kappa shape index (κ2) is 6.56. The van der Waals surface area contributed by atoms with Crippen molar-refractivity contribution in [2.24, 2.45) is 0 Å². The van der Waals surface area contributed by atoms with Gasteiger partial charge in [0.25, 0.3) is 0 Å². The lowest BCUT2D eigenvalue weighted by Gasteiger charge is -2.16. The molecule has 2 aliphatic rings. The van der Waals surface area contributed by atoms with E-state index in [1.807, 2.05) is 7.05 Å². The molecular formula is C15H22IN3O. The number of nitrogens with one attached hydrogen (secondary N) is 1. The van der Waals surface area contributed by atoms with Crippen molar-refractivity contribution in [2.75, 3.05) is 19.0 Å². The first kappa shape index (κ1) is 14.5. The molecule has 2 fully saturated rings. The molecule has 1 atom stereocenters. The Hall–Kier alpha value is -0.430. The summed E-state index contributed by atoms with van der Waals surface area (Å²) in [5, 5.41) is 3.22. The van der Waals surface area contributed by atoms with Crippen LogP contribution in [0.4, 0.5) is 5.82 Å². The third-order valence-electron chi connectivity index (χ3n) is 4.34. The van der Waals surface area contributed by atoms with Gasteiger partial charge in [0.15, 0.2) is 0 Å². The van der Waals surface area contributed by atoms with Gasteiger partial charge in [-0.15, -0.1) is 0 Å².